The van der Waals surface area contributed by atoms with Crippen LogP contribution >= 0.6 is 0 Å². The summed E-state index contributed by atoms with van der Waals surface area (Å²) in [7, 11) is -3.79. The summed E-state index contributed by atoms with van der Waals surface area (Å²) in [4.78, 5) is 2.50. The fourth-order valence-electron chi connectivity index (χ4n) is 1.46. The average molecular weight is 235 g/mol. The maximum Gasteiger partial charge on any atom is 0.268 e. The van der Waals surface area contributed by atoms with Crippen molar-refractivity contribution in [2.24, 2.45) is 5.92 Å². The third kappa shape index (κ3) is 8.59. The van der Waals surface area contributed by atoms with Gasteiger partial charge in [0.05, 0.1) is 5.75 Å². The molecule has 90 valence electrons. The monoisotopic (exact) mass is 235 g/mol. The maximum absolute atomic E-state index is 9.72. The predicted molar refractivity (Wildman–Crippen MR) is 62.5 cm³/mol. The van der Waals surface area contributed by atoms with Gasteiger partial charge in [-0.25, -0.2) is 0 Å². The fourth-order valence-corrected chi connectivity index (χ4v) is 1.76. The number of rotatable bonds is 3. The molecule has 1 heterocycles. The summed E-state index contributed by atoms with van der Waals surface area (Å²) < 4.78 is 27.3. The van der Waals surface area contributed by atoms with Gasteiger partial charge in [-0.1, -0.05) is 19.9 Å². The van der Waals surface area contributed by atoms with Gasteiger partial charge in [-0.3, -0.25) is 4.55 Å². The molecule has 5 heteroatoms. The number of likely N-dealkylation sites (tertiary alicyclic amines) is 1. The molecule has 0 saturated carbocycles. The summed E-state index contributed by atoms with van der Waals surface area (Å²) in [6, 6.07) is 0. The molecule has 15 heavy (non-hydrogen) atoms. The molecule has 1 saturated heterocycles. The van der Waals surface area contributed by atoms with E-state index in [-0.39, 0.29) is 5.75 Å². The highest BCUT2D eigenvalue weighted by atomic mass is 32.2. The zero-order valence-corrected chi connectivity index (χ0v) is 10.3. The minimum Gasteiger partial charge on any atom is -0.303 e. The van der Waals surface area contributed by atoms with Crippen LogP contribution in [0.5, 0.6) is 0 Å². The lowest BCUT2D eigenvalue weighted by Crippen LogP contribution is -2.18. The molecule has 1 unspecified atom stereocenters. The van der Waals surface area contributed by atoms with E-state index in [1.165, 1.54) is 26.1 Å². The zero-order valence-electron chi connectivity index (χ0n) is 9.52. The van der Waals surface area contributed by atoms with Crippen molar-refractivity contribution in [1.82, 2.24) is 4.90 Å². The Morgan fingerprint density at radius 2 is 2.20 bits per heavy atom. The van der Waals surface area contributed by atoms with Crippen molar-refractivity contribution in [3.8, 4) is 0 Å². The van der Waals surface area contributed by atoms with Crippen LogP contribution in [0.2, 0.25) is 0 Å². The van der Waals surface area contributed by atoms with Crippen LogP contribution in [0.15, 0.2) is 12.7 Å². The van der Waals surface area contributed by atoms with Gasteiger partial charge < -0.3 is 4.90 Å². The van der Waals surface area contributed by atoms with Crippen LogP contribution < -0.4 is 0 Å². The summed E-state index contributed by atoms with van der Waals surface area (Å²) in [5.74, 6) is 0.586. The van der Waals surface area contributed by atoms with Gasteiger partial charge in [-0.05, 0) is 25.4 Å². The topological polar surface area (TPSA) is 57.6 Å². The Kier molecular flexibility index (Phi) is 6.80. The molecule has 1 rings (SSSR count). The van der Waals surface area contributed by atoms with Crippen LogP contribution in [0.25, 0.3) is 0 Å². The average Bonchev–Trinajstić information content (AvgIpc) is 2.50. The Morgan fingerprint density at radius 1 is 1.60 bits per heavy atom. The highest BCUT2D eigenvalue weighted by molar-refractivity contribution is 7.85. The lowest BCUT2D eigenvalue weighted by atomic mass is 10.2. The second-order valence-electron chi connectivity index (χ2n) is 3.82. The molecule has 1 aliphatic heterocycles. The summed E-state index contributed by atoms with van der Waals surface area (Å²) in [6.45, 7) is 11.6. The van der Waals surface area contributed by atoms with Crippen LogP contribution in [0.1, 0.15) is 20.3 Å². The van der Waals surface area contributed by atoms with E-state index in [1.807, 2.05) is 0 Å². The number of hydrogen-bond donors (Lipinski definition) is 1. The van der Waals surface area contributed by atoms with Gasteiger partial charge in [-0.2, -0.15) is 8.42 Å². The van der Waals surface area contributed by atoms with Gasteiger partial charge in [0.1, 0.15) is 0 Å². The van der Waals surface area contributed by atoms with Crippen molar-refractivity contribution in [3.05, 3.63) is 12.7 Å². The smallest absolute Gasteiger partial charge is 0.268 e. The molecule has 0 aromatic carbocycles. The first kappa shape index (κ1) is 14.6. The molecular formula is C10H21NO3S. The SMILES string of the molecule is C=CCS(=O)(=O)O.CCN1CCC(C)C1. The van der Waals surface area contributed by atoms with E-state index in [4.69, 9.17) is 4.55 Å². The first-order valence-corrected chi connectivity index (χ1v) is 6.78. The molecule has 0 radical (unpaired) electrons. The number of nitrogens with zero attached hydrogens (tertiary/aromatic N) is 1. The third-order valence-corrected chi connectivity index (χ3v) is 2.94. The van der Waals surface area contributed by atoms with Gasteiger partial charge in [0.25, 0.3) is 10.1 Å². The van der Waals surface area contributed by atoms with E-state index in [1.54, 1.807) is 0 Å². The summed E-state index contributed by atoms with van der Waals surface area (Å²) >= 11 is 0. The summed E-state index contributed by atoms with van der Waals surface area (Å²) in [6.07, 6.45) is 2.53. The molecule has 0 aromatic rings. The Hall–Kier alpha value is -0.390. The standard InChI is InChI=1S/C7H15N.C3H6O3S/c1-3-8-5-4-7(2)6-8;1-2-3-7(4,5)6/h7H,3-6H2,1-2H3;2H,1,3H2,(H,4,5,6). The van der Waals surface area contributed by atoms with Gasteiger partial charge >= 0.3 is 0 Å². The van der Waals surface area contributed by atoms with E-state index in [0.717, 1.165) is 12.0 Å². The summed E-state index contributed by atoms with van der Waals surface area (Å²) in [5.41, 5.74) is 0. The molecule has 1 fully saturated rings. The van der Waals surface area contributed by atoms with Crippen molar-refractivity contribution in [1.29, 1.82) is 0 Å². The van der Waals surface area contributed by atoms with Gasteiger partial charge in [0, 0.05) is 6.54 Å². The van der Waals surface area contributed by atoms with Crippen LogP contribution in [0.4, 0.5) is 0 Å². The molecule has 4 nitrogen and oxygen atoms in total. The Morgan fingerprint density at radius 3 is 2.33 bits per heavy atom. The van der Waals surface area contributed by atoms with Crippen LogP contribution in [0.3, 0.4) is 0 Å². The highest BCUT2D eigenvalue weighted by Crippen LogP contribution is 2.13. The Balaban J connectivity index is 0.000000265. The summed E-state index contributed by atoms with van der Waals surface area (Å²) in [5, 5.41) is 0. The van der Waals surface area contributed by atoms with Crippen molar-refractivity contribution in [2.45, 2.75) is 20.3 Å². The van der Waals surface area contributed by atoms with E-state index in [2.05, 4.69) is 25.3 Å². The molecule has 0 amide bonds. The minimum absolute atomic E-state index is 0.368. The Bertz CT molecular complexity index is 274. The molecule has 0 bridgehead atoms. The lowest BCUT2D eigenvalue weighted by molar-refractivity contribution is 0.346. The van der Waals surface area contributed by atoms with Crippen LogP contribution in [0, 0.1) is 5.92 Å². The number of hydrogen-bond acceptors (Lipinski definition) is 3. The van der Waals surface area contributed by atoms with Crippen molar-refractivity contribution < 1.29 is 13.0 Å². The van der Waals surface area contributed by atoms with Crippen molar-refractivity contribution in [2.75, 3.05) is 25.4 Å². The quantitative estimate of drug-likeness (QED) is 0.593. The second kappa shape index (κ2) is 6.98. The van der Waals surface area contributed by atoms with Gasteiger partial charge in [-0.15, -0.1) is 6.58 Å². The molecular weight excluding hydrogens is 214 g/mol. The molecule has 1 N–H and O–H groups in total. The first-order valence-electron chi connectivity index (χ1n) is 5.17. The minimum atomic E-state index is -3.79. The lowest BCUT2D eigenvalue weighted by Gasteiger charge is -2.09. The van der Waals surface area contributed by atoms with Crippen molar-refractivity contribution in [3.63, 3.8) is 0 Å². The molecule has 0 spiro atoms. The third-order valence-electron chi connectivity index (χ3n) is 2.28. The molecule has 0 aliphatic carbocycles. The molecule has 0 aromatic heterocycles. The Labute approximate surface area is 92.7 Å². The van der Waals surface area contributed by atoms with E-state index >= 15 is 0 Å². The second-order valence-corrected chi connectivity index (χ2v) is 5.32. The first-order chi connectivity index (χ1) is 6.89. The maximum atomic E-state index is 9.72. The van der Waals surface area contributed by atoms with Gasteiger partial charge in [0.2, 0.25) is 0 Å². The van der Waals surface area contributed by atoms with E-state index < -0.39 is 10.1 Å². The zero-order chi connectivity index (χ0) is 11.9. The predicted octanol–water partition coefficient (Wildman–Crippen LogP) is 1.41. The molecule has 1 atom stereocenters. The fraction of sp³-hybridized carbons (Fsp3) is 0.800. The van der Waals surface area contributed by atoms with E-state index in [0.29, 0.717) is 0 Å². The molecule has 1 aliphatic rings. The highest BCUT2D eigenvalue weighted by Gasteiger charge is 2.15. The van der Waals surface area contributed by atoms with Gasteiger partial charge in [0.15, 0.2) is 0 Å². The largest absolute Gasteiger partial charge is 0.303 e. The van der Waals surface area contributed by atoms with Crippen molar-refractivity contribution >= 4 is 10.1 Å². The van der Waals surface area contributed by atoms with E-state index in [9.17, 15) is 8.42 Å². The van der Waals surface area contributed by atoms with Crippen LogP contribution in [-0.4, -0.2) is 43.3 Å². The van der Waals surface area contributed by atoms with Crippen LogP contribution in [-0.2, 0) is 10.1 Å². The normalized spacial score (nSPS) is 21.9.